The van der Waals surface area contributed by atoms with E-state index >= 15 is 0 Å². The van der Waals surface area contributed by atoms with Gasteiger partial charge in [0.1, 0.15) is 12.4 Å². The number of esters is 1. The Balaban J connectivity index is 1.46. The summed E-state index contributed by atoms with van der Waals surface area (Å²) in [6.45, 7) is 7.30. The lowest BCUT2D eigenvalue weighted by Crippen LogP contribution is -2.22. The summed E-state index contributed by atoms with van der Waals surface area (Å²) in [7, 11) is 0. The minimum atomic E-state index is -0.427. The summed E-state index contributed by atoms with van der Waals surface area (Å²) in [5.74, 6) is 0.0890. The van der Waals surface area contributed by atoms with E-state index < -0.39 is 5.97 Å². The molecule has 0 aliphatic carbocycles. The van der Waals surface area contributed by atoms with Crippen LogP contribution in [0.2, 0.25) is 0 Å². The number of aryl methyl sites for hydroxylation is 2. The van der Waals surface area contributed by atoms with E-state index in [1.54, 1.807) is 48.9 Å². The molecule has 4 rings (SSSR count). The standard InChI is InChI=1S/C24H25N7O3/c1-15(2)34-24(33)19-7-5-6-18(13-19)23-26-29-30(28-23)14-22(32)25-21-12-17(4)27-31(21)20-10-8-16(3)9-11-20/h5-13,15H,14H2,1-4H3,(H,25,32). The number of hydrogen-bond donors (Lipinski definition) is 1. The SMILES string of the molecule is Cc1ccc(-n2nc(C)cc2NC(=O)Cn2nnc(-c3cccc(C(=O)OC(C)C)c3)n2)cc1. The van der Waals surface area contributed by atoms with Gasteiger partial charge in [-0.15, -0.1) is 10.2 Å². The van der Waals surface area contributed by atoms with Crippen molar-refractivity contribution in [3.8, 4) is 17.1 Å². The van der Waals surface area contributed by atoms with Gasteiger partial charge in [0.25, 0.3) is 0 Å². The lowest BCUT2D eigenvalue weighted by molar-refractivity contribution is -0.117. The maximum absolute atomic E-state index is 12.7. The second kappa shape index (κ2) is 9.65. The van der Waals surface area contributed by atoms with Gasteiger partial charge >= 0.3 is 5.97 Å². The maximum Gasteiger partial charge on any atom is 0.338 e. The van der Waals surface area contributed by atoms with Gasteiger partial charge in [-0.1, -0.05) is 29.8 Å². The van der Waals surface area contributed by atoms with Crippen LogP contribution in [0.1, 0.15) is 35.5 Å². The van der Waals surface area contributed by atoms with Crippen molar-refractivity contribution in [2.24, 2.45) is 0 Å². The molecule has 2 heterocycles. The molecule has 0 radical (unpaired) electrons. The van der Waals surface area contributed by atoms with Crippen LogP contribution in [0.15, 0.2) is 54.6 Å². The van der Waals surface area contributed by atoms with E-state index in [1.807, 2.05) is 38.1 Å². The fourth-order valence-electron chi connectivity index (χ4n) is 3.28. The van der Waals surface area contributed by atoms with Crippen LogP contribution in [-0.4, -0.2) is 48.0 Å². The molecule has 0 atom stereocenters. The van der Waals surface area contributed by atoms with E-state index in [4.69, 9.17) is 4.74 Å². The number of carbonyl (C=O) groups excluding carboxylic acids is 2. The number of tetrazole rings is 1. The Morgan fingerprint density at radius 2 is 1.79 bits per heavy atom. The van der Waals surface area contributed by atoms with Gasteiger partial charge in [0.15, 0.2) is 0 Å². The Morgan fingerprint density at radius 1 is 1.03 bits per heavy atom. The number of nitrogens with zero attached hydrogens (tertiary/aromatic N) is 6. The molecule has 1 N–H and O–H groups in total. The molecular formula is C24H25N7O3. The predicted octanol–water partition coefficient (Wildman–Crippen LogP) is 3.35. The lowest BCUT2D eigenvalue weighted by atomic mass is 10.1. The quantitative estimate of drug-likeness (QED) is 0.421. The normalized spacial score (nSPS) is 11.0. The highest BCUT2D eigenvalue weighted by atomic mass is 16.5. The van der Waals surface area contributed by atoms with Gasteiger partial charge in [0.2, 0.25) is 11.7 Å². The topological polar surface area (TPSA) is 117 Å². The molecule has 0 saturated heterocycles. The molecule has 0 spiro atoms. The first-order chi connectivity index (χ1) is 16.3. The number of aromatic nitrogens is 6. The third-order valence-corrected chi connectivity index (χ3v) is 4.81. The van der Waals surface area contributed by atoms with Gasteiger partial charge in [-0.3, -0.25) is 4.79 Å². The average Bonchev–Trinajstić information content (AvgIpc) is 3.40. The van der Waals surface area contributed by atoms with Crippen LogP contribution in [0.25, 0.3) is 17.1 Å². The van der Waals surface area contributed by atoms with E-state index in [-0.39, 0.29) is 18.6 Å². The van der Waals surface area contributed by atoms with Gasteiger partial charge in [-0.05, 0) is 57.2 Å². The molecule has 0 fully saturated rings. The van der Waals surface area contributed by atoms with E-state index in [0.29, 0.717) is 22.8 Å². The van der Waals surface area contributed by atoms with E-state index in [0.717, 1.165) is 16.9 Å². The second-order valence-corrected chi connectivity index (χ2v) is 8.14. The van der Waals surface area contributed by atoms with Gasteiger partial charge in [0, 0.05) is 11.6 Å². The molecule has 4 aromatic rings. The second-order valence-electron chi connectivity index (χ2n) is 8.14. The van der Waals surface area contributed by atoms with Crippen molar-refractivity contribution in [3.63, 3.8) is 0 Å². The Kier molecular flexibility index (Phi) is 6.48. The number of nitrogens with one attached hydrogen (secondary N) is 1. The van der Waals surface area contributed by atoms with E-state index in [9.17, 15) is 9.59 Å². The number of benzene rings is 2. The summed E-state index contributed by atoms with van der Waals surface area (Å²) in [5.41, 5.74) is 3.73. The van der Waals surface area contributed by atoms with Crippen LogP contribution in [0.3, 0.4) is 0 Å². The maximum atomic E-state index is 12.7. The summed E-state index contributed by atoms with van der Waals surface area (Å²) < 4.78 is 6.91. The minimum absolute atomic E-state index is 0.139. The van der Waals surface area contributed by atoms with Crippen molar-refractivity contribution < 1.29 is 14.3 Å². The van der Waals surface area contributed by atoms with Crippen molar-refractivity contribution in [3.05, 3.63) is 71.4 Å². The summed E-state index contributed by atoms with van der Waals surface area (Å²) in [6.07, 6.45) is -0.222. The molecular weight excluding hydrogens is 434 g/mol. The van der Waals surface area contributed by atoms with Gasteiger partial charge in [0.05, 0.1) is 23.0 Å². The van der Waals surface area contributed by atoms with Crippen molar-refractivity contribution in [2.75, 3.05) is 5.32 Å². The predicted molar refractivity (Wildman–Crippen MR) is 125 cm³/mol. The highest BCUT2D eigenvalue weighted by Crippen LogP contribution is 2.19. The molecule has 0 unspecified atom stereocenters. The number of ether oxygens (including phenoxy) is 1. The minimum Gasteiger partial charge on any atom is -0.459 e. The largest absolute Gasteiger partial charge is 0.459 e. The summed E-state index contributed by atoms with van der Waals surface area (Å²) in [5, 5.41) is 19.6. The highest BCUT2D eigenvalue weighted by molar-refractivity contribution is 5.91. The zero-order valence-electron chi connectivity index (χ0n) is 19.4. The molecule has 34 heavy (non-hydrogen) atoms. The lowest BCUT2D eigenvalue weighted by Gasteiger charge is -2.09. The number of rotatable bonds is 7. The molecule has 0 aliphatic heterocycles. The van der Waals surface area contributed by atoms with Crippen LogP contribution < -0.4 is 5.32 Å². The summed E-state index contributed by atoms with van der Waals surface area (Å²) in [4.78, 5) is 26.0. The molecule has 2 aromatic carbocycles. The fraction of sp³-hybridized carbons (Fsp3) is 0.250. The van der Waals surface area contributed by atoms with Crippen LogP contribution in [0, 0.1) is 13.8 Å². The molecule has 0 aliphatic rings. The van der Waals surface area contributed by atoms with Gasteiger partial charge in [-0.2, -0.15) is 9.90 Å². The number of amides is 1. The fourth-order valence-corrected chi connectivity index (χ4v) is 3.28. The van der Waals surface area contributed by atoms with Crippen molar-refractivity contribution in [2.45, 2.75) is 40.3 Å². The molecule has 0 saturated carbocycles. The third kappa shape index (κ3) is 5.34. The Hall–Kier alpha value is -4.34. The highest BCUT2D eigenvalue weighted by Gasteiger charge is 2.15. The smallest absolute Gasteiger partial charge is 0.338 e. The Bertz CT molecular complexity index is 1320. The Labute approximate surface area is 196 Å². The first kappa shape index (κ1) is 22.8. The van der Waals surface area contributed by atoms with Gasteiger partial charge < -0.3 is 10.1 Å². The molecule has 2 aromatic heterocycles. The van der Waals surface area contributed by atoms with Crippen molar-refractivity contribution >= 4 is 17.7 Å². The van der Waals surface area contributed by atoms with Crippen molar-refractivity contribution in [1.82, 2.24) is 30.0 Å². The number of hydrogen-bond acceptors (Lipinski definition) is 7. The van der Waals surface area contributed by atoms with E-state index in [1.165, 1.54) is 4.80 Å². The summed E-state index contributed by atoms with van der Waals surface area (Å²) >= 11 is 0. The van der Waals surface area contributed by atoms with Crippen molar-refractivity contribution in [1.29, 1.82) is 0 Å². The zero-order chi connectivity index (χ0) is 24.2. The first-order valence-corrected chi connectivity index (χ1v) is 10.8. The summed E-state index contributed by atoms with van der Waals surface area (Å²) in [6, 6.07) is 16.4. The van der Waals surface area contributed by atoms with Gasteiger partial charge in [-0.25, -0.2) is 9.48 Å². The monoisotopic (exact) mass is 459 g/mol. The molecule has 0 bridgehead atoms. The molecule has 174 valence electrons. The zero-order valence-corrected chi connectivity index (χ0v) is 19.4. The molecule has 10 nitrogen and oxygen atoms in total. The Morgan fingerprint density at radius 3 is 2.53 bits per heavy atom. The molecule has 10 heteroatoms. The number of carbonyl (C=O) groups is 2. The third-order valence-electron chi connectivity index (χ3n) is 4.81. The van der Waals surface area contributed by atoms with Crippen LogP contribution in [0.4, 0.5) is 5.82 Å². The molecule has 1 amide bonds. The first-order valence-electron chi connectivity index (χ1n) is 10.8. The average molecular weight is 460 g/mol. The number of anilines is 1. The van der Waals surface area contributed by atoms with E-state index in [2.05, 4.69) is 25.8 Å². The van der Waals surface area contributed by atoms with Crippen LogP contribution in [0.5, 0.6) is 0 Å². The van der Waals surface area contributed by atoms with Crippen LogP contribution >= 0.6 is 0 Å². The van der Waals surface area contributed by atoms with Crippen LogP contribution in [-0.2, 0) is 16.1 Å².